The zero-order chi connectivity index (χ0) is 15.0. The lowest BCUT2D eigenvalue weighted by Crippen LogP contribution is -2.25. The van der Waals surface area contributed by atoms with Crippen LogP contribution in [0.15, 0.2) is 23.1 Å². The van der Waals surface area contributed by atoms with Gasteiger partial charge in [-0.3, -0.25) is 0 Å². The van der Waals surface area contributed by atoms with Crippen molar-refractivity contribution in [3.63, 3.8) is 0 Å². The summed E-state index contributed by atoms with van der Waals surface area (Å²) in [6.45, 7) is 0.998. The Labute approximate surface area is 120 Å². The minimum absolute atomic E-state index is 0.155. The molecule has 7 heteroatoms. The molecule has 1 N–H and O–H groups in total. The molecule has 0 aromatic heterocycles. The summed E-state index contributed by atoms with van der Waals surface area (Å²) in [6.07, 6.45) is 1.53. The third kappa shape index (κ3) is 4.66. The Kier molecular flexibility index (Phi) is 6.77. The van der Waals surface area contributed by atoms with Gasteiger partial charge in [0.2, 0.25) is 10.0 Å². The van der Waals surface area contributed by atoms with Crippen LogP contribution in [0.1, 0.15) is 12.8 Å². The normalized spacial score (nSPS) is 11.3. The number of hydrogen-bond donors (Lipinski definition) is 1. The van der Waals surface area contributed by atoms with Crippen LogP contribution < -0.4 is 14.2 Å². The molecule has 0 heterocycles. The Balaban J connectivity index is 2.72. The number of sulfonamides is 1. The van der Waals surface area contributed by atoms with E-state index in [1.165, 1.54) is 26.4 Å². The molecule has 0 saturated heterocycles. The molecule has 6 nitrogen and oxygen atoms in total. The summed E-state index contributed by atoms with van der Waals surface area (Å²) >= 11 is 0. The fourth-order valence-electron chi connectivity index (χ4n) is 1.64. The highest BCUT2D eigenvalue weighted by atomic mass is 32.2. The van der Waals surface area contributed by atoms with Crippen molar-refractivity contribution in [2.75, 3.05) is 34.5 Å². The van der Waals surface area contributed by atoms with Crippen LogP contribution in [0.5, 0.6) is 11.5 Å². The number of nitrogens with one attached hydrogen (secondary N) is 1. The van der Waals surface area contributed by atoms with E-state index in [1.807, 2.05) is 0 Å². The van der Waals surface area contributed by atoms with Gasteiger partial charge in [0.05, 0.1) is 19.1 Å². The van der Waals surface area contributed by atoms with Gasteiger partial charge in [0.1, 0.15) is 0 Å². The van der Waals surface area contributed by atoms with Gasteiger partial charge in [0, 0.05) is 26.3 Å². The van der Waals surface area contributed by atoms with Crippen molar-refractivity contribution in [2.45, 2.75) is 17.7 Å². The van der Waals surface area contributed by atoms with Crippen LogP contribution in [0.25, 0.3) is 0 Å². The van der Waals surface area contributed by atoms with Crippen LogP contribution in [-0.4, -0.2) is 42.9 Å². The molecule has 0 aliphatic carbocycles. The first-order valence-electron chi connectivity index (χ1n) is 6.25. The monoisotopic (exact) mass is 303 g/mol. The lowest BCUT2D eigenvalue weighted by Gasteiger charge is -2.11. The molecule has 0 atom stereocenters. The van der Waals surface area contributed by atoms with Gasteiger partial charge >= 0.3 is 0 Å². The van der Waals surface area contributed by atoms with E-state index in [0.717, 1.165) is 12.8 Å². The molecule has 0 spiro atoms. The lowest BCUT2D eigenvalue weighted by molar-refractivity contribution is 0.193. The van der Waals surface area contributed by atoms with Gasteiger partial charge in [-0.25, -0.2) is 13.1 Å². The average Bonchev–Trinajstić information content (AvgIpc) is 2.46. The summed E-state index contributed by atoms with van der Waals surface area (Å²) in [4.78, 5) is 0.155. The van der Waals surface area contributed by atoms with Gasteiger partial charge in [0.15, 0.2) is 11.5 Å². The number of unbranched alkanes of at least 4 members (excludes halogenated alkanes) is 1. The highest BCUT2D eigenvalue weighted by molar-refractivity contribution is 7.89. The maximum atomic E-state index is 12.1. The van der Waals surface area contributed by atoms with E-state index in [4.69, 9.17) is 14.2 Å². The van der Waals surface area contributed by atoms with Crippen molar-refractivity contribution in [1.29, 1.82) is 0 Å². The molecule has 0 aliphatic rings. The van der Waals surface area contributed by atoms with Crippen molar-refractivity contribution in [2.24, 2.45) is 0 Å². The van der Waals surface area contributed by atoms with Crippen molar-refractivity contribution >= 4 is 10.0 Å². The van der Waals surface area contributed by atoms with E-state index < -0.39 is 10.0 Å². The van der Waals surface area contributed by atoms with Crippen LogP contribution in [0.2, 0.25) is 0 Å². The first-order valence-corrected chi connectivity index (χ1v) is 7.74. The molecule has 0 bridgehead atoms. The van der Waals surface area contributed by atoms with Crippen LogP contribution >= 0.6 is 0 Å². The van der Waals surface area contributed by atoms with E-state index in [2.05, 4.69) is 4.72 Å². The summed E-state index contributed by atoms with van der Waals surface area (Å²) in [5.74, 6) is 0.876. The second-order valence-electron chi connectivity index (χ2n) is 4.11. The Bertz CT molecular complexity index is 515. The number of methoxy groups -OCH3 is 3. The SMILES string of the molecule is COCCCCNS(=O)(=O)c1ccc(OC)c(OC)c1. The maximum absolute atomic E-state index is 12.1. The predicted octanol–water partition coefficient (Wildman–Crippen LogP) is 1.41. The zero-order valence-corrected chi connectivity index (χ0v) is 12.8. The van der Waals surface area contributed by atoms with Crippen molar-refractivity contribution in [3.05, 3.63) is 18.2 Å². The summed E-state index contributed by atoms with van der Waals surface area (Å²) < 4.78 is 41.8. The van der Waals surface area contributed by atoms with Crippen LogP contribution in [0.3, 0.4) is 0 Å². The van der Waals surface area contributed by atoms with E-state index in [9.17, 15) is 8.42 Å². The van der Waals surface area contributed by atoms with E-state index in [0.29, 0.717) is 24.7 Å². The second-order valence-corrected chi connectivity index (χ2v) is 5.88. The van der Waals surface area contributed by atoms with Crippen molar-refractivity contribution < 1.29 is 22.6 Å². The van der Waals surface area contributed by atoms with Gasteiger partial charge in [-0.2, -0.15) is 0 Å². The van der Waals surface area contributed by atoms with Gasteiger partial charge in [0.25, 0.3) is 0 Å². The number of ether oxygens (including phenoxy) is 3. The van der Waals surface area contributed by atoms with Gasteiger partial charge in [-0.15, -0.1) is 0 Å². The Morgan fingerprint density at radius 2 is 1.75 bits per heavy atom. The van der Waals surface area contributed by atoms with Gasteiger partial charge < -0.3 is 14.2 Å². The molecule has 114 valence electrons. The zero-order valence-electron chi connectivity index (χ0n) is 12.0. The highest BCUT2D eigenvalue weighted by Crippen LogP contribution is 2.29. The Hall–Kier alpha value is -1.31. The fraction of sp³-hybridized carbons (Fsp3) is 0.538. The van der Waals surface area contributed by atoms with Crippen molar-refractivity contribution in [1.82, 2.24) is 4.72 Å². The third-order valence-electron chi connectivity index (χ3n) is 2.73. The van der Waals surface area contributed by atoms with E-state index in [1.54, 1.807) is 13.2 Å². The molecule has 0 saturated carbocycles. The molecular weight excluding hydrogens is 282 g/mol. The molecule has 0 amide bonds. The van der Waals surface area contributed by atoms with Crippen LogP contribution in [-0.2, 0) is 14.8 Å². The first-order chi connectivity index (χ1) is 9.55. The standard InChI is InChI=1S/C13H21NO5S/c1-17-9-5-4-8-14-20(15,16)11-6-7-12(18-2)13(10-11)19-3/h6-7,10,14H,4-5,8-9H2,1-3H3. The molecule has 1 aromatic carbocycles. The Morgan fingerprint density at radius 1 is 1.05 bits per heavy atom. The highest BCUT2D eigenvalue weighted by Gasteiger charge is 2.16. The Morgan fingerprint density at radius 3 is 2.35 bits per heavy atom. The summed E-state index contributed by atoms with van der Waals surface area (Å²) in [5.41, 5.74) is 0. The van der Waals surface area contributed by atoms with Crippen LogP contribution in [0, 0.1) is 0 Å². The lowest BCUT2D eigenvalue weighted by atomic mass is 10.3. The maximum Gasteiger partial charge on any atom is 0.240 e. The second kappa shape index (κ2) is 8.08. The smallest absolute Gasteiger partial charge is 0.240 e. The first kappa shape index (κ1) is 16.7. The summed E-state index contributed by atoms with van der Waals surface area (Å²) in [6, 6.07) is 4.49. The number of hydrogen-bond acceptors (Lipinski definition) is 5. The van der Waals surface area contributed by atoms with Crippen LogP contribution in [0.4, 0.5) is 0 Å². The van der Waals surface area contributed by atoms with Gasteiger partial charge in [-0.05, 0) is 25.0 Å². The molecule has 0 fully saturated rings. The van der Waals surface area contributed by atoms with E-state index >= 15 is 0 Å². The largest absolute Gasteiger partial charge is 0.493 e. The fourth-order valence-corrected chi connectivity index (χ4v) is 2.73. The summed E-state index contributed by atoms with van der Waals surface area (Å²) in [7, 11) is 1.05. The summed E-state index contributed by atoms with van der Waals surface area (Å²) in [5, 5.41) is 0. The van der Waals surface area contributed by atoms with Crippen molar-refractivity contribution in [3.8, 4) is 11.5 Å². The molecule has 0 aliphatic heterocycles. The molecule has 20 heavy (non-hydrogen) atoms. The topological polar surface area (TPSA) is 73.9 Å². The van der Waals surface area contributed by atoms with E-state index in [-0.39, 0.29) is 4.90 Å². The predicted molar refractivity (Wildman–Crippen MR) is 75.8 cm³/mol. The third-order valence-corrected chi connectivity index (χ3v) is 4.19. The quantitative estimate of drug-likeness (QED) is 0.698. The minimum atomic E-state index is -3.53. The number of rotatable bonds is 9. The minimum Gasteiger partial charge on any atom is -0.493 e. The molecule has 1 rings (SSSR count). The molecule has 1 aromatic rings. The molecular formula is C13H21NO5S. The van der Waals surface area contributed by atoms with Gasteiger partial charge in [-0.1, -0.05) is 0 Å². The number of benzene rings is 1. The molecule has 0 radical (unpaired) electrons. The average molecular weight is 303 g/mol. The molecule has 0 unspecified atom stereocenters.